The maximum atomic E-state index is 12.2. The topological polar surface area (TPSA) is 62.6 Å². The van der Waals surface area contributed by atoms with Gasteiger partial charge in [-0.2, -0.15) is 0 Å². The van der Waals surface area contributed by atoms with Gasteiger partial charge in [-0.25, -0.2) is 0 Å². The molecule has 1 unspecified atom stereocenters. The van der Waals surface area contributed by atoms with Crippen LogP contribution in [-0.4, -0.2) is 38.2 Å². The number of thioether (sulfide) groups is 1. The second kappa shape index (κ2) is 9.99. The van der Waals surface area contributed by atoms with Gasteiger partial charge in [-0.05, 0) is 42.5 Å². The molecular weight excluding hydrogens is 346 g/mol. The van der Waals surface area contributed by atoms with Gasteiger partial charge in [0.05, 0.1) is 12.7 Å². The summed E-state index contributed by atoms with van der Waals surface area (Å²) in [6.45, 7) is 2.55. The van der Waals surface area contributed by atoms with Crippen molar-refractivity contribution in [1.82, 2.24) is 0 Å². The number of carbonyl (C=O) groups excluding carboxylic acids is 2. The lowest BCUT2D eigenvalue weighted by molar-refractivity contribution is -0.862. The fourth-order valence-electron chi connectivity index (χ4n) is 2.58. The fourth-order valence-corrected chi connectivity index (χ4v) is 3.14. The molecule has 0 aliphatic heterocycles. The van der Waals surface area contributed by atoms with Crippen LogP contribution in [-0.2, 0) is 16.0 Å². The van der Waals surface area contributed by atoms with Gasteiger partial charge in [-0.3, -0.25) is 9.59 Å². The summed E-state index contributed by atoms with van der Waals surface area (Å²) < 4.78 is 0. The van der Waals surface area contributed by atoms with Gasteiger partial charge in [0.1, 0.15) is 0 Å². The molecule has 0 saturated heterocycles. The van der Waals surface area contributed by atoms with E-state index < -0.39 is 0 Å². The Morgan fingerprint density at radius 3 is 2.19 bits per heavy atom. The minimum absolute atomic E-state index is 0.107. The fraction of sp³-hybridized carbons (Fsp3) is 0.300. The molecule has 6 heteroatoms. The number of para-hydroxylation sites is 1. The van der Waals surface area contributed by atoms with Gasteiger partial charge in [0, 0.05) is 10.6 Å². The van der Waals surface area contributed by atoms with Crippen molar-refractivity contribution < 1.29 is 14.5 Å². The van der Waals surface area contributed by atoms with Crippen LogP contribution in [0.25, 0.3) is 0 Å². The zero-order valence-electron chi connectivity index (χ0n) is 15.5. The number of likely N-dealkylation sites (N-methyl/N-ethyl adjacent to an activating group) is 1. The maximum Gasteiger partial charge on any atom is 0.279 e. The molecule has 1 atom stereocenters. The summed E-state index contributed by atoms with van der Waals surface area (Å²) in [6.07, 6.45) is 2.94. The second-order valence-electron chi connectivity index (χ2n) is 6.16. The summed E-state index contributed by atoms with van der Waals surface area (Å²) in [5.74, 6) is -0.215. The van der Waals surface area contributed by atoms with Crippen LogP contribution >= 0.6 is 11.8 Å². The Labute approximate surface area is 159 Å². The standard InChI is InChI=1S/C20H25N3O2S/c1-4-15-9-11-16(12-10-15)21-19(24)13-23(2)14-20(25)22-17-7-5-6-8-18(17)26-3/h5-12H,4,13-14H2,1-3H3,(H,21,24)(H,22,25)/p+1. The molecule has 2 amide bonds. The molecular formula is C20H26N3O2S+. The molecule has 0 heterocycles. The van der Waals surface area contributed by atoms with Crippen molar-refractivity contribution in [3.05, 3.63) is 54.1 Å². The van der Waals surface area contributed by atoms with E-state index in [4.69, 9.17) is 0 Å². The van der Waals surface area contributed by atoms with Crippen molar-refractivity contribution in [2.45, 2.75) is 18.2 Å². The molecule has 26 heavy (non-hydrogen) atoms. The number of rotatable bonds is 8. The van der Waals surface area contributed by atoms with Gasteiger partial charge in [-0.15, -0.1) is 11.8 Å². The molecule has 2 aromatic carbocycles. The first-order valence-corrected chi connectivity index (χ1v) is 9.87. The second-order valence-corrected chi connectivity index (χ2v) is 7.01. The summed E-state index contributed by atoms with van der Waals surface area (Å²) in [5.41, 5.74) is 2.81. The smallest absolute Gasteiger partial charge is 0.279 e. The van der Waals surface area contributed by atoms with Crippen LogP contribution in [0, 0.1) is 0 Å². The van der Waals surface area contributed by atoms with Crippen LogP contribution in [0.5, 0.6) is 0 Å². The highest BCUT2D eigenvalue weighted by Gasteiger charge is 2.15. The Kier molecular flexibility index (Phi) is 7.69. The number of benzene rings is 2. The van der Waals surface area contributed by atoms with Crippen LogP contribution < -0.4 is 15.5 Å². The van der Waals surface area contributed by atoms with Crippen LogP contribution in [0.2, 0.25) is 0 Å². The molecule has 0 bridgehead atoms. The predicted molar refractivity (Wildman–Crippen MR) is 108 cm³/mol. The van der Waals surface area contributed by atoms with E-state index in [1.807, 2.05) is 61.8 Å². The maximum absolute atomic E-state index is 12.2. The molecule has 0 saturated carbocycles. The lowest BCUT2D eigenvalue weighted by atomic mass is 10.1. The van der Waals surface area contributed by atoms with Crippen LogP contribution in [0.1, 0.15) is 12.5 Å². The minimum Gasteiger partial charge on any atom is -0.322 e. The zero-order chi connectivity index (χ0) is 18.9. The van der Waals surface area contributed by atoms with Crippen molar-refractivity contribution in [2.24, 2.45) is 0 Å². The molecule has 2 aromatic rings. The Balaban J connectivity index is 1.82. The Morgan fingerprint density at radius 2 is 1.58 bits per heavy atom. The molecule has 0 aromatic heterocycles. The van der Waals surface area contributed by atoms with E-state index in [1.54, 1.807) is 11.8 Å². The largest absolute Gasteiger partial charge is 0.322 e. The van der Waals surface area contributed by atoms with Crippen LogP contribution in [0.3, 0.4) is 0 Å². The summed E-state index contributed by atoms with van der Waals surface area (Å²) >= 11 is 1.59. The SMILES string of the molecule is CCc1ccc(NC(=O)C[NH+](C)CC(=O)Nc2ccccc2SC)cc1. The number of aryl methyl sites for hydroxylation is 1. The molecule has 0 radical (unpaired) electrons. The monoisotopic (exact) mass is 372 g/mol. The molecule has 0 spiro atoms. The molecule has 5 nitrogen and oxygen atoms in total. The van der Waals surface area contributed by atoms with Gasteiger partial charge in [0.2, 0.25) is 0 Å². The predicted octanol–water partition coefficient (Wildman–Crippen LogP) is 2.06. The van der Waals surface area contributed by atoms with Gasteiger partial charge in [0.25, 0.3) is 11.8 Å². The average Bonchev–Trinajstić information content (AvgIpc) is 2.62. The highest BCUT2D eigenvalue weighted by molar-refractivity contribution is 7.98. The van der Waals surface area contributed by atoms with E-state index in [0.29, 0.717) is 0 Å². The number of hydrogen-bond acceptors (Lipinski definition) is 3. The highest BCUT2D eigenvalue weighted by Crippen LogP contribution is 2.24. The van der Waals surface area contributed by atoms with E-state index in [2.05, 4.69) is 17.6 Å². The number of anilines is 2. The van der Waals surface area contributed by atoms with Gasteiger partial charge < -0.3 is 15.5 Å². The number of hydrogen-bond donors (Lipinski definition) is 3. The van der Waals surface area contributed by atoms with Crippen molar-refractivity contribution in [1.29, 1.82) is 0 Å². The van der Waals surface area contributed by atoms with Crippen molar-refractivity contribution >= 4 is 35.0 Å². The third-order valence-electron chi connectivity index (χ3n) is 3.95. The number of carbonyl (C=O) groups is 2. The lowest BCUT2D eigenvalue weighted by Crippen LogP contribution is -3.11. The third-order valence-corrected chi connectivity index (χ3v) is 4.75. The third kappa shape index (κ3) is 6.20. The Morgan fingerprint density at radius 1 is 0.962 bits per heavy atom. The van der Waals surface area contributed by atoms with Crippen LogP contribution in [0.15, 0.2) is 53.4 Å². The first-order valence-electron chi connectivity index (χ1n) is 8.64. The summed E-state index contributed by atoms with van der Waals surface area (Å²) in [7, 11) is 1.83. The lowest BCUT2D eigenvalue weighted by Gasteiger charge is -2.15. The van der Waals surface area contributed by atoms with Gasteiger partial charge in [-0.1, -0.05) is 31.2 Å². The summed E-state index contributed by atoms with van der Waals surface area (Å²) in [6, 6.07) is 15.5. The van der Waals surface area contributed by atoms with Crippen molar-refractivity contribution in [3.63, 3.8) is 0 Å². The van der Waals surface area contributed by atoms with E-state index in [-0.39, 0.29) is 24.9 Å². The number of quaternary nitrogens is 1. The summed E-state index contributed by atoms with van der Waals surface area (Å²) in [5, 5.41) is 5.79. The normalized spacial score (nSPS) is 11.7. The molecule has 0 fully saturated rings. The first kappa shape index (κ1) is 20.0. The number of nitrogens with one attached hydrogen (secondary N) is 3. The van der Waals surface area contributed by atoms with Crippen molar-refractivity contribution in [3.8, 4) is 0 Å². The molecule has 0 aliphatic carbocycles. The van der Waals surface area contributed by atoms with Crippen molar-refractivity contribution in [2.75, 3.05) is 37.0 Å². The van der Waals surface area contributed by atoms with Crippen LogP contribution in [0.4, 0.5) is 11.4 Å². The van der Waals surface area contributed by atoms with E-state index in [0.717, 1.165) is 27.6 Å². The zero-order valence-corrected chi connectivity index (χ0v) is 16.3. The van der Waals surface area contributed by atoms with Gasteiger partial charge in [0.15, 0.2) is 13.1 Å². The van der Waals surface area contributed by atoms with E-state index >= 15 is 0 Å². The first-order chi connectivity index (χ1) is 12.5. The number of amides is 2. The minimum atomic E-state index is -0.107. The molecule has 3 N–H and O–H groups in total. The highest BCUT2D eigenvalue weighted by atomic mass is 32.2. The van der Waals surface area contributed by atoms with E-state index in [9.17, 15) is 9.59 Å². The van der Waals surface area contributed by atoms with E-state index in [1.165, 1.54) is 5.56 Å². The average molecular weight is 373 g/mol. The molecule has 138 valence electrons. The Bertz CT molecular complexity index is 747. The molecule has 0 aliphatic rings. The summed E-state index contributed by atoms with van der Waals surface area (Å²) in [4.78, 5) is 26.2. The Hall–Kier alpha value is -2.31. The quantitative estimate of drug-likeness (QED) is 0.622. The van der Waals surface area contributed by atoms with Gasteiger partial charge >= 0.3 is 0 Å². The molecule has 2 rings (SSSR count).